The third-order valence-electron chi connectivity index (χ3n) is 4.11. The maximum atomic E-state index is 3.82. The van der Waals surface area contributed by atoms with Gasteiger partial charge >= 0.3 is 0 Å². The van der Waals surface area contributed by atoms with E-state index < -0.39 is 0 Å². The largest absolute Gasteiger partial charge is 0.307 e. The minimum Gasteiger partial charge on any atom is -0.307 e. The Morgan fingerprint density at radius 3 is 2.94 bits per heavy atom. The van der Waals surface area contributed by atoms with Gasteiger partial charge in [-0.15, -0.1) is 0 Å². The van der Waals surface area contributed by atoms with Crippen LogP contribution in [0.2, 0.25) is 0 Å². The molecule has 0 spiro atoms. The number of unbranched alkanes of at least 4 members (excludes halogenated alkanes) is 2. The van der Waals surface area contributed by atoms with Crippen molar-refractivity contribution in [3.8, 4) is 0 Å². The molecule has 18 heavy (non-hydrogen) atoms. The summed E-state index contributed by atoms with van der Waals surface area (Å²) in [5.41, 5.74) is 4.50. The lowest BCUT2D eigenvalue weighted by atomic mass is 10.0. The van der Waals surface area contributed by atoms with Crippen LogP contribution in [0, 0.1) is 6.92 Å². The Bertz CT molecular complexity index is 383. The lowest BCUT2D eigenvalue weighted by Crippen LogP contribution is -2.29. The molecule has 1 nitrogen and oxygen atoms in total. The molecule has 0 bridgehead atoms. The minimum absolute atomic E-state index is 0.594. The summed E-state index contributed by atoms with van der Waals surface area (Å²) in [5.74, 6) is 0. The number of nitrogens with one attached hydrogen (secondary N) is 1. The van der Waals surface area contributed by atoms with Crippen LogP contribution in [0.25, 0.3) is 0 Å². The first-order valence-corrected chi connectivity index (χ1v) is 7.56. The second kappa shape index (κ2) is 6.38. The zero-order valence-corrected chi connectivity index (χ0v) is 12.1. The maximum absolute atomic E-state index is 3.82. The van der Waals surface area contributed by atoms with E-state index in [9.17, 15) is 0 Å². The summed E-state index contributed by atoms with van der Waals surface area (Å²) >= 11 is 0. The van der Waals surface area contributed by atoms with E-state index in [0.29, 0.717) is 12.1 Å². The summed E-state index contributed by atoms with van der Waals surface area (Å²) in [6.45, 7) is 6.80. The average Bonchev–Trinajstić information content (AvgIpc) is 2.72. The van der Waals surface area contributed by atoms with E-state index in [2.05, 4.69) is 44.3 Å². The van der Waals surface area contributed by atoms with E-state index in [-0.39, 0.29) is 0 Å². The van der Waals surface area contributed by atoms with Gasteiger partial charge in [-0.1, -0.05) is 49.9 Å². The van der Waals surface area contributed by atoms with Crippen molar-refractivity contribution in [2.75, 3.05) is 0 Å². The van der Waals surface area contributed by atoms with Crippen LogP contribution in [0.3, 0.4) is 0 Å². The summed E-state index contributed by atoms with van der Waals surface area (Å²) in [6.07, 6.45) is 7.87. The van der Waals surface area contributed by atoms with Gasteiger partial charge in [0.05, 0.1) is 0 Å². The molecule has 1 aliphatic rings. The van der Waals surface area contributed by atoms with Crippen molar-refractivity contribution >= 4 is 0 Å². The van der Waals surface area contributed by atoms with Crippen molar-refractivity contribution in [2.45, 2.75) is 71.4 Å². The van der Waals surface area contributed by atoms with Crippen molar-refractivity contribution in [1.29, 1.82) is 0 Å². The quantitative estimate of drug-likeness (QED) is 0.725. The fourth-order valence-electron chi connectivity index (χ4n) is 3.02. The molecule has 100 valence electrons. The number of rotatable bonds is 6. The molecule has 1 aromatic rings. The van der Waals surface area contributed by atoms with Crippen molar-refractivity contribution in [3.63, 3.8) is 0 Å². The highest BCUT2D eigenvalue weighted by atomic mass is 14.9. The van der Waals surface area contributed by atoms with Crippen LogP contribution >= 0.6 is 0 Å². The molecule has 2 atom stereocenters. The lowest BCUT2D eigenvalue weighted by Gasteiger charge is -2.20. The lowest BCUT2D eigenvalue weighted by molar-refractivity contribution is 0.421. The Labute approximate surface area is 112 Å². The molecule has 0 amide bonds. The van der Waals surface area contributed by atoms with Gasteiger partial charge < -0.3 is 5.32 Å². The standard InChI is InChI=1S/C17H27N/c1-4-5-6-7-14(3)18-17-11-10-15-9-8-13(2)12-16(15)17/h8-9,12,14,17-18H,4-7,10-11H2,1-3H3. The van der Waals surface area contributed by atoms with Gasteiger partial charge in [-0.25, -0.2) is 0 Å². The van der Waals surface area contributed by atoms with Crippen molar-refractivity contribution in [2.24, 2.45) is 0 Å². The monoisotopic (exact) mass is 245 g/mol. The smallest absolute Gasteiger partial charge is 0.0328 e. The Morgan fingerprint density at radius 2 is 2.17 bits per heavy atom. The fraction of sp³-hybridized carbons (Fsp3) is 0.647. The van der Waals surface area contributed by atoms with E-state index >= 15 is 0 Å². The maximum Gasteiger partial charge on any atom is 0.0328 e. The average molecular weight is 245 g/mol. The number of fused-ring (bicyclic) bond motifs is 1. The first-order valence-electron chi connectivity index (χ1n) is 7.56. The Balaban J connectivity index is 1.90. The zero-order valence-electron chi connectivity index (χ0n) is 12.1. The highest BCUT2D eigenvalue weighted by Crippen LogP contribution is 2.32. The molecule has 1 aliphatic carbocycles. The molecule has 0 heterocycles. The first-order chi connectivity index (χ1) is 8.70. The summed E-state index contributed by atoms with van der Waals surface area (Å²) in [7, 11) is 0. The van der Waals surface area contributed by atoms with Crippen LogP contribution in [0.15, 0.2) is 18.2 Å². The highest BCUT2D eigenvalue weighted by molar-refractivity contribution is 5.37. The molecule has 1 aromatic carbocycles. The van der Waals surface area contributed by atoms with Gasteiger partial charge in [0.25, 0.3) is 0 Å². The normalized spacial score (nSPS) is 19.8. The molecule has 1 N–H and O–H groups in total. The van der Waals surface area contributed by atoms with Crippen LogP contribution in [-0.4, -0.2) is 6.04 Å². The van der Waals surface area contributed by atoms with Gasteiger partial charge in [0.2, 0.25) is 0 Å². The zero-order chi connectivity index (χ0) is 13.0. The number of hydrogen-bond acceptors (Lipinski definition) is 1. The first kappa shape index (κ1) is 13.6. The van der Waals surface area contributed by atoms with E-state index in [1.54, 1.807) is 11.1 Å². The molecule has 0 saturated carbocycles. The molecule has 1 heteroatoms. The Morgan fingerprint density at radius 1 is 1.33 bits per heavy atom. The summed E-state index contributed by atoms with van der Waals surface area (Å²) in [6, 6.07) is 8.17. The summed E-state index contributed by atoms with van der Waals surface area (Å²) in [4.78, 5) is 0. The Kier molecular flexibility index (Phi) is 4.82. The van der Waals surface area contributed by atoms with Crippen LogP contribution in [0.4, 0.5) is 0 Å². The van der Waals surface area contributed by atoms with Gasteiger partial charge in [-0.2, -0.15) is 0 Å². The van der Waals surface area contributed by atoms with Crippen LogP contribution < -0.4 is 5.32 Å². The van der Waals surface area contributed by atoms with Gasteiger partial charge in [0.15, 0.2) is 0 Å². The summed E-state index contributed by atoms with van der Waals surface area (Å²) < 4.78 is 0. The fourth-order valence-corrected chi connectivity index (χ4v) is 3.02. The predicted molar refractivity (Wildman–Crippen MR) is 79.0 cm³/mol. The van der Waals surface area contributed by atoms with Gasteiger partial charge in [0.1, 0.15) is 0 Å². The van der Waals surface area contributed by atoms with Gasteiger partial charge in [0, 0.05) is 12.1 Å². The van der Waals surface area contributed by atoms with E-state index in [1.807, 2.05) is 0 Å². The second-order valence-corrected chi connectivity index (χ2v) is 5.86. The van der Waals surface area contributed by atoms with Crippen LogP contribution in [0.1, 0.15) is 68.7 Å². The van der Waals surface area contributed by atoms with Gasteiger partial charge in [-0.3, -0.25) is 0 Å². The predicted octanol–water partition coefficient (Wildman–Crippen LogP) is 4.54. The number of hydrogen-bond donors (Lipinski definition) is 1. The Hall–Kier alpha value is -0.820. The van der Waals surface area contributed by atoms with Crippen molar-refractivity contribution in [1.82, 2.24) is 5.32 Å². The van der Waals surface area contributed by atoms with Crippen LogP contribution in [0.5, 0.6) is 0 Å². The van der Waals surface area contributed by atoms with E-state index in [0.717, 1.165) is 0 Å². The third-order valence-corrected chi connectivity index (χ3v) is 4.11. The van der Waals surface area contributed by atoms with E-state index in [4.69, 9.17) is 0 Å². The van der Waals surface area contributed by atoms with Crippen molar-refractivity contribution < 1.29 is 0 Å². The van der Waals surface area contributed by atoms with Crippen molar-refractivity contribution in [3.05, 3.63) is 34.9 Å². The summed E-state index contributed by atoms with van der Waals surface area (Å²) in [5, 5.41) is 3.82. The highest BCUT2D eigenvalue weighted by Gasteiger charge is 2.23. The molecule has 0 aliphatic heterocycles. The third kappa shape index (κ3) is 3.35. The van der Waals surface area contributed by atoms with Crippen LogP contribution in [-0.2, 0) is 6.42 Å². The SMILES string of the molecule is CCCCCC(C)NC1CCc2ccc(C)cc21. The molecule has 0 radical (unpaired) electrons. The molecular weight excluding hydrogens is 218 g/mol. The molecule has 0 saturated heterocycles. The van der Waals surface area contributed by atoms with E-state index in [1.165, 1.54) is 44.1 Å². The number of benzene rings is 1. The molecule has 0 aromatic heterocycles. The second-order valence-electron chi connectivity index (χ2n) is 5.86. The molecule has 2 unspecified atom stereocenters. The number of aryl methyl sites for hydroxylation is 2. The minimum atomic E-state index is 0.594. The molecular formula is C17H27N. The van der Waals surface area contributed by atoms with Gasteiger partial charge in [-0.05, 0) is 44.2 Å². The molecule has 0 fully saturated rings. The molecule has 2 rings (SSSR count). The topological polar surface area (TPSA) is 12.0 Å².